The highest BCUT2D eigenvalue weighted by atomic mass is 35.5. The Kier molecular flexibility index (Phi) is 2.54. The van der Waals surface area contributed by atoms with Gasteiger partial charge in [-0.15, -0.1) is 0 Å². The molecule has 0 radical (unpaired) electrons. The molecule has 1 heterocycles. The molecule has 1 aliphatic rings. The zero-order chi connectivity index (χ0) is 11.8. The van der Waals surface area contributed by atoms with E-state index < -0.39 is 0 Å². The smallest absolute Gasteiger partial charge is 0.0542 e. The Bertz CT molecular complexity index is 568. The van der Waals surface area contributed by atoms with Gasteiger partial charge < -0.3 is 10.4 Å². The van der Waals surface area contributed by atoms with Crippen LogP contribution in [0.3, 0.4) is 0 Å². The molecule has 0 saturated heterocycles. The van der Waals surface area contributed by atoms with Gasteiger partial charge in [0.25, 0.3) is 0 Å². The summed E-state index contributed by atoms with van der Waals surface area (Å²) < 4.78 is 0. The summed E-state index contributed by atoms with van der Waals surface area (Å²) in [5.74, 6) is 0.00106. The van der Waals surface area contributed by atoms with Crippen LogP contribution in [0, 0.1) is 0 Å². The lowest BCUT2D eigenvalue weighted by atomic mass is 9.86. The molecule has 86 valence electrons. The molecule has 0 fully saturated rings. The van der Waals surface area contributed by atoms with E-state index in [1.54, 1.807) is 0 Å². The third kappa shape index (κ3) is 1.70. The van der Waals surface area contributed by atoms with Crippen LogP contribution in [0.25, 0.3) is 0 Å². The van der Waals surface area contributed by atoms with E-state index in [9.17, 15) is 5.11 Å². The maximum Gasteiger partial charge on any atom is 0.0542 e. The summed E-state index contributed by atoms with van der Waals surface area (Å²) in [4.78, 5) is 0. The second-order valence-electron chi connectivity index (χ2n) is 4.18. The van der Waals surface area contributed by atoms with Crippen LogP contribution in [0.2, 0.25) is 5.02 Å². The Morgan fingerprint density at radius 1 is 1.06 bits per heavy atom. The maximum absolute atomic E-state index is 9.60. The zero-order valence-corrected chi connectivity index (χ0v) is 9.91. The van der Waals surface area contributed by atoms with E-state index in [4.69, 9.17) is 11.6 Å². The van der Waals surface area contributed by atoms with Crippen LogP contribution in [0.4, 0.5) is 11.4 Å². The van der Waals surface area contributed by atoms with Crippen LogP contribution in [-0.2, 0) is 0 Å². The molecule has 0 spiro atoms. The molecule has 1 atom stereocenters. The minimum absolute atomic E-state index is 0.00106. The molecule has 2 N–H and O–H groups in total. The molecule has 0 unspecified atom stereocenters. The Labute approximate surface area is 105 Å². The molecule has 17 heavy (non-hydrogen) atoms. The van der Waals surface area contributed by atoms with Gasteiger partial charge in [-0.2, -0.15) is 0 Å². The van der Waals surface area contributed by atoms with Crippen molar-refractivity contribution in [3.05, 3.63) is 58.6 Å². The van der Waals surface area contributed by atoms with Gasteiger partial charge in [-0.25, -0.2) is 0 Å². The number of anilines is 2. The van der Waals surface area contributed by atoms with Crippen molar-refractivity contribution in [1.29, 1.82) is 0 Å². The summed E-state index contributed by atoms with van der Waals surface area (Å²) in [6, 6.07) is 13.8. The number of benzene rings is 2. The van der Waals surface area contributed by atoms with Crippen LogP contribution < -0.4 is 5.32 Å². The summed E-state index contributed by atoms with van der Waals surface area (Å²) in [5, 5.41) is 13.7. The molecular formula is C14H12ClNO. The number of aliphatic hydroxyl groups is 1. The average Bonchev–Trinajstić information content (AvgIpc) is 2.36. The number of hydrogen-bond donors (Lipinski definition) is 2. The van der Waals surface area contributed by atoms with Gasteiger partial charge in [-0.3, -0.25) is 0 Å². The van der Waals surface area contributed by atoms with Gasteiger partial charge in [0, 0.05) is 22.3 Å². The van der Waals surface area contributed by atoms with Crippen LogP contribution in [0.15, 0.2) is 42.5 Å². The fourth-order valence-corrected chi connectivity index (χ4v) is 2.54. The molecule has 0 amide bonds. The van der Waals surface area contributed by atoms with Crippen molar-refractivity contribution in [1.82, 2.24) is 0 Å². The van der Waals surface area contributed by atoms with Crippen LogP contribution in [-0.4, -0.2) is 11.7 Å². The molecule has 2 aromatic rings. The molecule has 3 heteroatoms. The predicted octanol–water partition coefficient (Wildman–Crippen LogP) is 3.52. The lowest BCUT2D eigenvalue weighted by molar-refractivity contribution is 0.280. The van der Waals surface area contributed by atoms with E-state index in [0.717, 1.165) is 22.5 Å². The first kappa shape index (κ1) is 10.6. The molecule has 0 aromatic heterocycles. The first-order chi connectivity index (χ1) is 8.29. The Morgan fingerprint density at radius 3 is 2.65 bits per heavy atom. The van der Waals surface area contributed by atoms with Crippen LogP contribution in [0.5, 0.6) is 0 Å². The second-order valence-corrected chi connectivity index (χ2v) is 4.62. The molecule has 0 aliphatic carbocycles. The first-order valence-corrected chi connectivity index (χ1v) is 5.93. The molecule has 2 nitrogen and oxygen atoms in total. The lowest BCUT2D eigenvalue weighted by Gasteiger charge is -2.28. The van der Waals surface area contributed by atoms with Crippen LogP contribution >= 0.6 is 11.6 Å². The normalized spacial score (nSPS) is 16.9. The third-order valence-electron chi connectivity index (χ3n) is 3.18. The Morgan fingerprint density at radius 2 is 1.82 bits per heavy atom. The standard InChI is InChI=1S/C14H12ClNO/c15-9-5-6-14-11(7-9)12(8-17)10-3-1-2-4-13(10)16-14/h1-7,12,16-17H,8H2/t12-/m0/s1. The predicted molar refractivity (Wildman–Crippen MR) is 70.1 cm³/mol. The highest BCUT2D eigenvalue weighted by Crippen LogP contribution is 2.41. The number of halogens is 1. The van der Waals surface area contributed by atoms with E-state index in [-0.39, 0.29) is 12.5 Å². The lowest BCUT2D eigenvalue weighted by Crippen LogP contribution is -2.15. The van der Waals surface area contributed by atoms with Crippen molar-refractivity contribution in [3.8, 4) is 0 Å². The molecule has 0 bridgehead atoms. The van der Waals surface area contributed by atoms with Gasteiger partial charge >= 0.3 is 0 Å². The fourth-order valence-electron chi connectivity index (χ4n) is 2.36. The fraction of sp³-hybridized carbons (Fsp3) is 0.143. The maximum atomic E-state index is 9.60. The quantitative estimate of drug-likeness (QED) is 0.806. The van der Waals surface area contributed by atoms with Crippen molar-refractivity contribution >= 4 is 23.0 Å². The minimum Gasteiger partial charge on any atom is -0.395 e. The number of nitrogens with one attached hydrogen (secondary N) is 1. The number of aliphatic hydroxyl groups excluding tert-OH is 1. The van der Waals surface area contributed by atoms with Gasteiger partial charge in [0.05, 0.1) is 6.61 Å². The molecule has 0 saturated carbocycles. The topological polar surface area (TPSA) is 32.3 Å². The van der Waals surface area contributed by atoms with E-state index in [2.05, 4.69) is 5.32 Å². The number of para-hydroxylation sites is 1. The van der Waals surface area contributed by atoms with Crippen molar-refractivity contribution in [2.75, 3.05) is 11.9 Å². The van der Waals surface area contributed by atoms with E-state index in [1.165, 1.54) is 0 Å². The highest BCUT2D eigenvalue weighted by molar-refractivity contribution is 6.30. The van der Waals surface area contributed by atoms with Gasteiger partial charge in [0.1, 0.15) is 0 Å². The summed E-state index contributed by atoms with van der Waals surface area (Å²) in [5.41, 5.74) is 4.25. The molecular weight excluding hydrogens is 234 g/mol. The van der Waals surface area contributed by atoms with Crippen LogP contribution in [0.1, 0.15) is 17.0 Å². The molecule has 3 rings (SSSR count). The average molecular weight is 246 g/mol. The Balaban J connectivity index is 2.19. The van der Waals surface area contributed by atoms with E-state index in [1.807, 2.05) is 42.5 Å². The molecule has 2 aromatic carbocycles. The SMILES string of the molecule is OC[C@H]1c2ccccc2Nc2ccc(Cl)cc21. The van der Waals surface area contributed by atoms with Gasteiger partial charge in [-0.05, 0) is 35.4 Å². The first-order valence-electron chi connectivity index (χ1n) is 5.56. The number of hydrogen-bond acceptors (Lipinski definition) is 2. The highest BCUT2D eigenvalue weighted by Gasteiger charge is 2.24. The monoisotopic (exact) mass is 245 g/mol. The summed E-state index contributed by atoms with van der Waals surface area (Å²) >= 11 is 6.02. The van der Waals surface area contributed by atoms with Crippen molar-refractivity contribution < 1.29 is 5.11 Å². The number of fused-ring (bicyclic) bond motifs is 2. The van der Waals surface area contributed by atoms with E-state index >= 15 is 0 Å². The van der Waals surface area contributed by atoms with Gasteiger partial charge in [0.15, 0.2) is 0 Å². The van der Waals surface area contributed by atoms with Crippen molar-refractivity contribution in [2.24, 2.45) is 0 Å². The summed E-state index contributed by atoms with van der Waals surface area (Å²) in [7, 11) is 0. The minimum atomic E-state index is 0.00106. The number of rotatable bonds is 1. The summed E-state index contributed by atoms with van der Waals surface area (Å²) in [6.07, 6.45) is 0. The van der Waals surface area contributed by atoms with Crippen molar-refractivity contribution in [2.45, 2.75) is 5.92 Å². The van der Waals surface area contributed by atoms with Gasteiger partial charge in [0.2, 0.25) is 0 Å². The van der Waals surface area contributed by atoms with Crippen molar-refractivity contribution in [3.63, 3.8) is 0 Å². The zero-order valence-electron chi connectivity index (χ0n) is 9.15. The van der Waals surface area contributed by atoms with Gasteiger partial charge in [-0.1, -0.05) is 29.8 Å². The summed E-state index contributed by atoms with van der Waals surface area (Å²) in [6.45, 7) is 0.0893. The largest absolute Gasteiger partial charge is 0.395 e. The third-order valence-corrected chi connectivity index (χ3v) is 3.41. The molecule has 1 aliphatic heterocycles. The van der Waals surface area contributed by atoms with E-state index in [0.29, 0.717) is 5.02 Å². The Hall–Kier alpha value is -1.51. The second kappa shape index (κ2) is 4.06.